The van der Waals surface area contributed by atoms with Crippen molar-refractivity contribution in [3.63, 3.8) is 0 Å². The SMILES string of the molecule is CN(C(=O)CS(=O)(=O)c1ccc(Cl)cc1)C1CCNC1. The van der Waals surface area contributed by atoms with Gasteiger partial charge in [-0.25, -0.2) is 8.42 Å². The van der Waals surface area contributed by atoms with Gasteiger partial charge in [0.1, 0.15) is 5.75 Å². The Morgan fingerprint density at radius 2 is 2.05 bits per heavy atom. The van der Waals surface area contributed by atoms with Crippen LogP contribution in [0.2, 0.25) is 5.02 Å². The Bertz CT molecular complexity index is 580. The minimum Gasteiger partial charge on any atom is -0.341 e. The highest BCUT2D eigenvalue weighted by Gasteiger charge is 2.27. The van der Waals surface area contributed by atoms with Crippen LogP contribution in [-0.4, -0.2) is 51.2 Å². The van der Waals surface area contributed by atoms with E-state index in [0.717, 1.165) is 13.0 Å². The predicted octanol–water partition coefficient (Wildman–Crippen LogP) is 0.934. The van der Waals surface area contributed by atoms with Crippen LogP contribution in [0.4, 0.5) is 0 Å². The number of carbonyl (C=O) groups excluding carboxylic acids is 1. The van der Waals surface area contributed by atoms with E-state index in [9.17, 15) is 13.2 Å². The molecule has 2 rings (SSSR count). The van der Waals surface area contributed by atoms with E-state index in [2.05, 4.69) is 5.32 Å². The van der Waals surface area contributed by atoms with Gasteiger partial charge in [0, 0.05) is 24.7 Å². The molecule has 1 fully saturated rings. The monoisotopic (exact) mass is 316 g/mol. The number of benzene rings is 1. The van der Waals surface area contributed by atoms with Crippen LogP contribution in [0.5, 0.6) is 0 Å². The van der Waals surface area contributed by atoms with Gasteiger partial charge in [-0.3, -0.25) is 4.79 Å². The summed E-state index contributed by atoms with van der Waals surface area (Å²) in [7, 11) is -1.97. The molecule has 1 atom stereocenters. The Kier molecular flexibility index (Phi) is 4.67. The minimum absolute atomic E-state index is 0.0721. The molecular formula is C13H17ClN2O3S. The summed E-state index contributed by atoms with van der Waals surface area (Å²) in [6, 6.07) is 5.92. The van der Waals surface area contributed by atoms with E-state index in [4.69, 9.17) is 11.6 Å². The third-order valence-corrected chi connectivity index (χ3v) is 5.33. The van der Waals surface area contributed by atoms with Crippen LogP contribution in [0.25, 0.3) is 0 Å². The number of amides is 1. The van der Waals surface area contributed by atoms with Crippen molar-refractivity contribution < 1.29 is 13.2 Å². The predicted molar refractivity (Wildman–Crippen MR) is 77.5 cm³/mol. The van der Waals surface area contributed by atoms with E-state index in [1.54, 1.807) is 7.05 Å². The number of hydrogen-bond donors (Lipinski definition) is 1. The first kappa shape index (κ1) is 15.3. The number of nitrogens with zero attached hydrogens (tertiary/aromatic N) is 1. The van der Waals surface area contributed by atoms with Crippen LogP contribution in [0.3, 0.4) is 0 Å². The third kappa shape index (κ3) is 3.50. The molecular weight excluding hydrogens is 300 g/mol. The molecule has 0 bridgehead atoms. The van der Waals surface area contributed by atoms with E-state index in [0.29, 0.717) is 11.6 Å². The summed E-state index contributed by atoms with van der Waals surface area (Å²) in [4.78, 5) is 13.7. The fraction of sp³-hybridized carbons (Fsp3) is 0.462. The standard InChI is InChI=1S/C13H17ClN2O3S/c1-16(11-6-7-15-8-11)13(17)9-20(18,19)12-4-2-10(14)3-5-12/h2-5,11,15H,6-9H2,1H3. The van der Waals surface area contributed by atoms with Crippen LogP contribution in [0, 0.1) is 0 Å². The van der Waals surface area contributed by atoms with Gasteiger partial charge >= 0.3 is 0 Å². The Hall–Kier alpha value is -1.11. The molecule has 1 aromatic carbocycles. The molecule has 1 unspecified atom stereocenters. The van der Waals surface area contributed by atoms with E-state index in [1.165, 1.54) is 29.2 Å². The first-order chi connectivity index (χ1) is 9.40. The van der Waals surface area contributed by atoms with Gasteiger partial charge in [-0.05, 0) is 37.2 Å². The molecule has 5 nitrogen and oxygen atoms in total. The number of halogens is 1. The smallest absolute Gasteiger partial charge is 0.238 e. The lowest BCUT2D eigenvalue weighted by Crippen LogP contribution is -2.41. The molecule has 0 radical (unpaired) electrons. The lowest BCUT2D eigenvalue weighted by Gasteiger charge is -2.23. The van der Waals surface area contributed by atoms with Crippen molar-refractivity contribution in [2.24, 2.45) is 0 Å². The highest BCUT2D eigenvalue weighted by Crippen LogP contribution is 2.16. The van der Waals surface area contributed by atoms with Crippen LogP contribution < -0.4 is 5.32 Å². The van der Waals surface area contributed by atoms with E-state index in [1.807, 2.05) is 0 Å². The van der Waals surface area contributed by atoms with Crippen molar-refractivity contribution in [2.75, 3.05) is 25.9 Å². The van der Waals surface area contributed by atoms with Crippen molar-refractivity contribution in [2.45, 2.75) is 17.4 Å². The molecule has 1 heterocycles. The highest BCUT2D eigenvalue weighted by atomic mass is 35.5. The molecule has 0 saturated carbocycles. The lowest BCUT2D eigenvalue weighted by atomic mass is 10.2. The Balaban J connectivity index is 2.07. The molecule has 1 aliphatic heterocycles. The summed E-state index contributed by atoms with van der Waals surface area (Å²) in [5, 5.41) is 3.61. The first-order valence-electron chi connectivity index (χ1n) is 6.35. The highest BCUT2D eigenvalue weighted by molar-refractivity contribution is 7.92. The normalized spacial score (nSPS) is 19.0. The number of rotatable bonds is 4. The fourth-order valence-corrected chi connectivity index (χ4v) is 3.54. The molecule has 0 aliphatic carbocycles. The van der Waals surface area contributed by atoms with Crippen molar-refractivity contribution in [1.29, 1.82) is 0 Å². The topological polar surface area (TPSA) is 66.5 Å². The zero-order valence-electron chi connectivity index (χ0n) is 11.2. The van der Waals surface area contributed by atoms with Crippen LogP contribution in [-0.2, 0) is 14.6 Å². The Labute approximate surface area is 123 Å². The number of hydrogen-bond acceptors (Lipinski definition) is 4. The van der Waals surface area contributed by atoms with Crippen LogP contribution >= 0.6 is 11.6 Å². The molecule has 20 heavy (non-hydrogen) atoms. The van der Waals surface area contributed by atoms with Gasteiger partial charge in [0.25, 0.3) is 0 Å². The largest absolute Gasteiger partial charge is 0.341 e. The second-order valence-corrected chi connectivity index (χ2v) is 7.29. The van der Waals surface area contributed by atoms with Crippen molar-refractivity contribution in [3.8, 4) is 0 Å². The van der Waals surface area contributed by atoms with E-state index in [-0.39, 0.29) is 16.8 Å². The second kappa shape index (κ2) is 6.11. The third-order valence-electron chi connectivity index (χ3n) is 3.46. The molecule has 0 spiro atoms. The zero-order valence-corrected chi connectivity index (χ0v) is 12.7. The number of likely N-dealkylation sites (N-methyl/N-ethyl adjacent to an activating group) is 1. The van der Waals surface area contributed by atoms with Gasteiger partial charge in [-0.15, -0.1) is 0 Å². The van der Waals surface area contributed by atoms with E-state index < -0.39 is 15.6 Å². The molecule has 1 aromatic rings. The van der Waals surface area contributed by atoms with Crippen molar-refractivity contribution in [3.05, 3.63) is 29.3 Å². The van der Waals surface area contributed by atoms with Crippen LogP contribution in [0.1, 0.15) is 6.42 Å². The van der Waals surface area contributed by atoms with Crippen LogP contribution in [0.15, 0.2) is 29.2 Å². The van der Waals surface area contributed by atoms with Crippen molar-refractivity contribution >= 4 is 27.3 Å². The maximum atomic E-state index is 12.2. The molecule has 1 aliphatic rings. The Morgan fingerprint density at radius 3 is 2.60 bits per heavy atom. The molecule has 1 saturated heterocycles. The van der Waals surface area contributed by atoms with E-state index >= 15 is 0 Å². The Morgan fingerprint density at radius 1 is 1.40 bits per heavy atom. The first-order valence-corrected chi connectivity index (χ1v) is 8.38. The minimum atomic E-state index is -3.62. The lowest BCUT2D eigenvalue weighted by molar-refractivity contribution is -0.128. The fourth-order valence-electron chi connectivity index (χ4n) is 2.16. The number of sulfone groups is 1. The average molecular weight is 317 g/mol. The summed E-state index contributed by atoms with van der Waals surface area (Å²) in [6.45, 7) is 1.56. The molecule has 1 amide bonds. The van der Waals surface area contributed by atoms with Gasteiger partial charge < -0.3 is 10.2 Å². The summed E-state index contributed by atoms with van der Waals surface area (Å²) < 4.78 is 24.3. The maximum absolute atomic E-state index is 12.2. The number of nitrogens with one attached hydrogen (secondary N) is 1. The molecule has 0 aromatic heterocycles. The summed E-state index contributed by atoms with van der Waals surface area (Å²) in [5.74, 6) is -0.893. The zero-order chi connectivity index (χ0) is 14.8. The quantitative estimate of drug-likeness (QED) is 0.897. The van der Waals surface area contributed by atoms with Crippen molar-refractivity contribution in [1.82, 2.24) is 10.2 Å². The van der Waals surface area contributed by atoms with Gasteiger partial charge in [-0.2, -0.15) is 0 Å². The number of carbonyl (C=O) groups is 1. The maximum Gasteiger partial charge on any atom is 0.238 e. The van der Waals surface area contributed by atoms with Gasteiger partial charge in [0.2, 0.25) is 5.91 Å². The van der Waals surface area contributed by atoms with Gasteiger partial charge in [0.15, 0.2) is 9.84 Å². The molecule has 1 N–H and O–H groups in total. The average Bonchev–Trinajstić information content (AvgIpc) is 2.91. The van der Waals surface area contributed by atoms with Gasteiger partial charge in [0.05, 0.1) is 4.90 Å². The summed E-state index contributed by atoms with van der Waals surface area (Å²) in [6.07, 6.45) is 0.850. The van der Waals surface area contributed by atoms with Gasteiger partial charge in [-0.1, -0.05) is 11.6 Å². The summed E-state index contributed by atoms with van der Waals surface area (Å²) in [5.41, 5.74) is 0. The summed E-state index contributed by atoms with van der Waals surface area (Å²) >= 11 is 5.73. The molecule has 110 valence electrons. The molecule has 7 heteroatoms. The second-order valence-electron chi connectivity index (χ2n) is 4.86.